The number of hydrogen-bond acceptors (Lipinski definition) is 5. The van der Waals surface area contributed by atoms with E-state index in [1.807, 2.05) is 0 Å². The number of hydrogen-bond donors (Lipinski definition) is 1. The minimum Gasteiger partial charge on any atom is -0.477 e. The highest BCUT2D eigenvalue weighted by atomic mass is 16.5. The second kappa shape index (κ2) is 3.92. The van der Waals surface area contributed by atoms with Gasteiger partial charge >= 0.3 is 5.97 Å². The molecule has 3 heterocycles. The van der Waals surface area contributed by atoms with Crippen molar-refractivity contribution in [2.45, 2.75) is 18.4 Å². The first-order valence-electron chi connectivity index (χ1n) is 6.62. The standard InChI is InChI=1S/C13H14N4O3/c18-12(19)10-6-15-11(9-5-14-8-17(9)10)16-3-4-20-13(7-16)1-2-13/h5-6,8H,1-4,7H2,(H,18,19). The molecule has 7 heteroatoms. The second-order valence-electron chi connectivity index (χ2n) is 5.37. The van der Waals surface area contributed by atoms with Gasteiger partial charge in [0.1, 0.15) is 11.8 Å². The summed E-state index contributed by atoms with van der Waals surface area (Å²) in [4.78, 5) is 21.8. The third-order valence-electron chi connectivity index (χ3n) is 4.01. The average molecular weight is 274 g/mol. The molecule has 20 heavy (non-hydrogen) atoms. The number of fused-ring (bicyclic) bond motifs is 1. The zero-order chi connectivity index (χ0) is 13.7. The van der Waals surface area contributed by atoms with Crippen molar-refractivity contribution in [2.75, 3.05) is 24.6 Å². The van der Waals surface area contributed by atoms with Crippen LogP contribution in [-0.4, -0.2) is 50.7 Å². The van der Waals surface area contributed by atoms with Gasteiger partial charge in [-0.3, -0.25) is 4.40 Å². The molecule has 0 unspecified atom stereocenters. The molecule has 0 atom stereocenters. The van der Waals surface area contributed by atoms with E-state index in [9.17, 15) is 9.90 Å². The van der Waals surface area contributed by atoms with Gasteiger partial charge in [-0.05, 0) is 12.8 Å². The van der Waals surface area contributed by atoms with Crippen molar-refractivity contribution < 1.29 is 14.6 Å². The van der Waals surface area contributed by atoms with Crippen molar-refractivity contribution in [1.29, 1.82) is 0 Å². The summed E-state index contributed by atoms with van der Waals surface area (Å²) in [7, 11) is 0. The Balaban J connectivity index is 1.78. The van der Waals surface area contributed by atoms with Crippen LogP contribution in [0.15, 0.2) is 18.7 Å². The molecule has 7 nitrogen and oxygen atoms in total. The molecule has 1 saturated carbocycles. The van der Waals surface area contributed by atoms with Crippen LogP contribution < -0.4 is 4.90 Å². The Morgan fingerprint density at radius 1 is 1.40 bits per heavy atom. The van der Waals surface area contributed by atoms with Crippen LogP contribution in [0.25, 0.3) is 5.52 Å². The summed E-state index contributed by atoms with van der Waals surface area (Å²) < 4.78 is 7.37. The van der Waals surface area contributed by atoms with Crippen molar-refractivity contribution in [3.8, 4) is 0 Å². The molecule has 2 aliphatic rings. The van der Waals surface area contributed by atoms with Gasteiger partial charge in [-0.1, -0.05) is 0 Å². The summed E-state index contributed by atoms with van der Waals surface area (Å²) in [5.74, 6) is -0.227. The molecule has 2 aromatic heterocycles. The Morgan fingerprint density at radius 3 is 3.00 bits per heavy atom. The van der Waals surface area contributed by atoms with Crippen molar-refractivity contribution in [1.82, 2.24) is 14.4 Å². The molecule has 0 amide bonds. The van der Waals surface area contributed by atoms with Gasteiger partial charge in [0.25, 0.3) is 0 Å². The second-order valence-corrected chi connectivity index (χ2v) is 5.37. The number of morpholine rings is 1. The van der Waals surface area contributed by atoms with E-state index in [0.717, 1.165) is 37.3 Å². The van der Waals surface area contributed by atoms with Gasteiger partial charge in [-0.2, -0.15) is 0 Å². The molecular formula is C13H14N4O3. The predicted molar refractivity (Wildman–Crippen MR) is 70.1 cm³/mol. The zero-order valence-electron chi connectivity index (χ0n) is 10.8. The maximum atomic E-state index is 11.2. The van der Waals surface area contributed by atoms with Crippen LogP contribution in [0.3, 0.4) is 0 Å². The number of carboxylic acids is 1. The monoisotopic (exact) mass is 274 g/mol. The molecule has 1 N–H and O–H groups in total. The first-order chi connectivity index (χ1) is 9.69. The summed E-state index contributed by atoms with van der Waals surface area (Å²) in [5.41, 5.74) is 0.848. The van der Waals surface area contributed by atoms with Gasteiger partial charge in [0.15, 0.2) is 11.5 Å². The summed E-state index contributed by atoms with van der Waals surface area (Å²) in [5, 5.41) is 9.17. The predicted octanol–water partition coefficient (Wildman–Crippen LogP) is 0.797. The molecule has 4 rings (SSSR count). The largest absolute Gasteiger partial charge is 0.477 e. The Labute approximate surface area is 114 Å². The number of imidazole rings is 1. The van der Waals surface area contributed by atoms with E-state index in [1.165, 1.54) is 12.5 Å². The molecular weight excluding hydrogens is 260 g/mol. The van der Waals surface area contributed by atoms with Crippen LogP contribution in [0, 0.1) is 0 Å². The average Bonchev–Trinajstić information content (AvgIpc) is 3.01. The first kappa shape index (κ1) is 11.7. The quantitative estimate of drug-likeness (QED) is 0.872. The van der Waals surface area contributed by atoms with Crippen LogP contribution in [-0.2, 0) is 4.74 Å². The van der Waals surface area contributed by atoms with Gasteiger partial charge in [0.05, 0.1) is 24.6 Å². The molecule has 1 spiro atoms. The molecule has 1 aliphatic heterocycles. The van der Waals surface area contributed by atoms with E-state index in [0.29, 0.717) is 6.61 Å². The summed E-state index contributed by atoms with van der Waals surface area (Å²) in [6.45, 7) is 2.26. The van der Waals surface area contributed by atoms with Crippen LogP contribution in [0.4, 0.5) is 5.82 Å². The highest BCUT2D eigenvalue weighted by Crippen LogP contribution is 2.43. The summed E-state index contributed by atoms with van der Waals surface area (Å²) >= 11 is 0. The Bertz CT molecular complexity index is 692. The van der Waals surface area contributed by atoms with E-state index in [4.69, 9.17) is 4.74 Å². The van der Waals surface area contributed by atoms with E-state index in [-0.39, 0.29) is 11.3 Å². The van der Waals surface area contributed by atoms with E-state index in [2.05, 4.69) is 14.9 Å². The van der Waals surface area contributed by atoms with Crippen molar-refractivity contribution >= 4 is 17.3 Å². The molecule has 1 aliphatic carbocycles. The lowest BCUT2D eigenvalue weighted by Gasteiger charge is -2.34. The van der Waals surface area contributed by atoms with E-state index in [1.54, 1.807) is 10.6 Å². The summed E-state index contributed by atoms with van der Waals surface area (Å²) in [6, 6.07) is 0. The Kier molecular flexibility index (Phi) is 2.29. The summed E-state index contributed by atoms with van der Waals surface area (Å²) in [6.07, 6.45) is 6.74. The smallest absolute Gasteiger partial charge is 0.354 e. The number of ether oxygens (including phenoxy) is 1. The number of carboxylic acid groups (broad SMARTS) is 1. The SMILES string of the molecule is O=C(O)c1cnc(N2CCOC3(CC3)C2)c2cncn12. The minimum absolute atomic E-state index is 0.00239. The molecule has 0 bridgehead atoms. The number of anilines is 1. The maximum absolute atomic E-state index is 11.2. The highest BCUT2D eigenvalue weighted by Gasteiger charge is 2.47. The van der Waals surface area contributed by atoms with Gasteiger partial charge in [-0.15, -0.1) is 0 Å². The minimum atomic E-state index is -1.01. The molecule has 104 valence electrons. The highest BCUT2D eigenvalue weighted by molar-refractivity contribution is 5.87. The van der Waals surface area contributed by atoms with E-state index >= 15 is 0 Å². The van der Waals surface area contributed by atoms with Crippen molar-refractivity contribution in [3.63, 3.8) is 0 Å². The Hall–Kier alpha value is -2.15. The number of nitrogens with zero attached hydrogens (tertiary/aromatic N) is 4. The molecule has 0 radical (unpaired) electrons. The lowest BCUT2D eigenvalue weighted by atomic mass is 10.2. The zero-order valence-corrected chi connectivity index (χ0v) is 10.8. The molecule has 1 saturated heterocycles. The maximum Gasteiger partial charge on any atom is 0.354 e. The van der Waals surface area contributed by atoms with Gasteiger partial charge in [0, 0.05) is 13.1 Å². The normalized spacial score (nSPS) is 20.5. The molecule has 2 fully saturated rings. The fourth-order valence-corrected chi connectivity index (χ4v) is 2.77. The number of aromatic carboxylic acids is 1. The van der Waals surface area contributed by atoms with Gasteiger partial charge in [0.2, 0.25) is 0 Å². The number of carbonyl (C=O) groups is 1. The van der Waals surface area contributed by atoms with Crippen LogP contribution >= 0.6 is 0 Å². The van der Waals surface area contributed by atoms with E-state index < -0.39 is 5.97 Å². The number of rotatable bonds is 2. The topological polar surface area (TPSA) is 80.0 Å². The third kappa shape index (κ3) is 1.66. The fourth-order valence-electron chi connectivity index (χ4n) is 2.77. The van der Waals surface area contributed by atoms with Gasteiger partial charge < -0.3 is 14.7 Å². The lowest BCUT2D eigenvalue weighted by Crippen LogP contribution is -2.44. The Morgan fingerprint density at radius 2 is 2.25 bits per heavy atom. The van der Waals surface area contributed by atoms with Crippen LogP contribution in [0.1, 0.15) is 23.3 Å². The number of aromatic nitrogens is 3. The molecule has 0 aromatic carbocycles. The molecule has 2 aromatic rings. The van der Waals surface area contributed by atoms with Gasteiger partial charge in [-0.25, -0.2) is 14.8 Å². The van der Waals surface area contributed by atoms with Crippen molar-refractivity contribution in [2.24, 2.45) is 0 Å². The van der Waals surface area contributed by atoms with Crippen LogP contribution in [0.2, 0.25) is 0 Å². The lowest BCUT2D eigenvalue weighted by molar-refractivity contribution is 0.0204. The first-order valence-corrected chi connectivity index (χ1v) is 6.62. The van der Waals surface area contributed by atoms with Crippen molar-refractivity contribution in [3.05, 3.63) is 24.4 Å². The fraction of sp³-hybridized carbons (Fsp3) is 0.462. The third-order valence-corrected chi connectivity index (χ3v) is 4.01. The van der Waals surface area contributed by atoms with Crippen LogP contribution in [0.5, 0.6) is 0 Å².